The lowest BCUT2D eigenvalue weighted by Crippen LogP contribution is -2.43. The summed E-state index contributed by atoms with van der Waals surface area (Å²) in [6, 6.07) is 6.68. The van der Waals surface area contributed by atoms with Gasteiger partial charge in [-0.05, 0) is 49.8 Å². The maximum Gasteiger partial charge on any atom is 0.308 e. The number of nitrogens with one attached hydrogen (secondary N) is 1. The van der Waals surface area contributed by atoms with E-state index in [4.69, 9.17) is 9.47 Å². The van der Waals surface area contributed by atoms with Crippen molar-refractivity contribution >= 4 is 17.8 Å². The van der Waals surface area contributed by atoms with Crippen molar-refractivity contribution in [1.29, 1.82) is 0 Å². The number of carbonyl (C=O) groups excluding carboxylic acids is 3. The van der Waals surface area contributed by atoms with Crippen LogP contribution in [0, 0.1) is 5.92 Å². The van der Waals surface area contributed by atoms with Gasteiger partial charge in [-0.25, -0.2) is 0 Å². The van der Waals surface area contributed by atoms with Crippen molar-refractivity contribution in [2.45, 2.75) is 38.7 Å². The van der Waals surface area contributed by atoms with Crippen LogP contribution in [-0.2, 0) is 14.3 Å². The lowest BCUT2D eigenvalue weighted by molar-refractivity contribution is -0.132. The first kappa shape index (κ1) is 19.4. The molecule has 2 fully saturated rings. The largest absolute Gasteiger partial charge is 0.427 e. The van der Waals surface area contributed by atoms with E-state index in [-0.39, 0.29) is 17.9 Å². The van der Waals surface area contributed by atoms with E-state index in [9.17, 15) is 14.4 Å². The van der Waals surface area contributed by atoms with Gasteiger partial charge in [0.2, 0.25) is 5.91 Å². The van der Waals surface area contributed by atoms with Gasteiger partial charge >= 0.3 is 5.97 Å². The summed E-state index contributed by atoms with van der Waals surface area (Å²) in [7, 11) is 0. The van der Waals surface area contributed by atoms with Crippen molar-refractivity contribution in [3.63, 3.8) is 0 Å². The number of nitrogens with zero attached hydrogens (tertiary/aromatic N) is 1. The number of esters is 1. The molecule has 2 aliphatic heterocycles. The average Bonchev–Trinajstić information content (AvgIpc) is 3.20. The first-order chi connectivity index (χ1) is 13.0. The lowest BCUT2D eigenvalue weighted by atomic mass is 9.96. The summed E-state index contributed by atoms with van der Waals surface area (Å²) in [5.74, 6) is 0.247. The van der Waals surface area contributed by atoms with E-state index in [0.29, 0.717) is 43.5 Å². The Bertz CT molecular complexity index is 691. The van der Waals surface area contributed by atoms with Crippen LogP contribution < -0.4 is 10.1 Å². The van der Waals surface area contributed by atoms with Crippen LogP contribution in [0.2, 0.25) is 0 Å². The fraction of sp³-hybridized carbons (Fsp3) is 0.550. The highest BCUT2D eigenvalue weighted by molar-refractivity contribution is 5.94. The monoisotopic (exact) mass is 374 g/mol. The fourth-order valence-corrected chi connectivity index (χ4v) is 3.52. The quantitative estimate of drug-likeness (QED) is 0.627. The Morgan fingerprint density at radius 1 is 1.22 bits per heavy atom. The van der Waals surface area contributed by atoms with Crippen LogP contribution in [-0.4, -0.2) is 55.0 Å². The molecule has 0 spiro atoms. The highest BCUT2D eigenvalue weighted by Gasteiger charge is 2.27. The normalized spacial score (nSPS) is 20.3. The number of piperidine rings is 1. The Hall–Kier alpha value is -2.41. The number of hydrogen-bond acceptors (Lipinski definition) is 5. The topological polar surface area (TPSA) is 84.9 Å². The van der Waals surface area contributed by atoms with E-state index >= 15 is 0 Å². The Kier molecular flexibility index (Phi) is 6.45. The third kappa shape index (κ3) is 5.29. The number of rotatable bonds is 5. The molecule has 1 unspecified atom stereocenters. The number of ether oxygens (including phenoxy) is 2. The third-order valence-electron chi connectivity index (χ3n) is 5.03. The molecule has 7 heteroatoms. The Labute approximate surface area is 159 Å². The molecule has 2 saturated heterocycles. The van der Waals surface area contributed by atoms with Gasteiger partial charge in [0.1, 0.15) is 11.9 Å². The molecule has 146 valence electrons. The van der Waals surface area contributed by atoms with E-state index in [1.165, 1.54) is 6.92 Å². The molecule has 1 aromatic rings. The van der Waals surface area contributed by atoms with Crippen LogP contribution in [0.3, 0.4) is 0 Å². The molecule has 1 atom stereocenters. The van der Waals surface area contributed by atoms with Crippen molar-refractivity contribution in [2.24, 2.45) is 5.92 Å². The number of benzene rings is 1. The summed E-state index contributed by atoms with van der Waals surface area (Å²) in [6.07, 6.45) is 3.14. The van der Waals surface area contributed by atoms with Crippen LogP contribution in [0.1, 0.15) is 43.0 Å². The van der Waals surface area contributed by atoms with Gasteiger partial charge < -0.3 is 19.7 Å². The number of hydrogen-bond donors (Lipinski definition) is 1. The fourth-order valence-electron chi connectivity index (χ4n) is 3.52. The van der Waals surface area contributed by atoms with Crippen molar-refractivity contribution in [3.8, 4) is 5.75 Å². The van der Waals surface area contributed by atoms with Gasteiger partial charge in [-0.2, -0.15) is 0 Å². The predicted molar refractivity (Wildman–Crippen MR) is 98.4 cm³/mol. The van der Waals surface area contributed by atoms with Crippen LogP contribution in [0.4, 0.5) is 0 Å². The van der Waals surface area contributed by atoms with Crippen molar-refractivity contribution in [1.82, 2.24) is 10.2 Å². The minimum absolute atomic E-state index is 0.0201. The van der Waals surface area contributed by atoms with Gasteiger partial charge in [-0.1, -0.05) is 6.07 Å². The van der Waals surface area contributed by atoms with Crippen LogP contribution in [0.15, 0.2) is 24.3 Å². The molecular formula is C20H26N2O5. The molecule has 2 amide bonds. The second kappa shape index (κ2) is 8.99. The second-order valence-electron chi connectivity index (χ2n) is 7.10. The maximum atomic E-state index is 12.7. The number of likely N-dealkylation sites (tertiary alicyclic amines) is 1. The van der Waals surface area contributed by atoms with Gasteiger partial charge in [0.25, 0.3) is 5.91 Å². The van der Waals surface area contributed by atoms with Crippen molar-refractivity contribution < 1.29 is 23.9 Å². The SMILES string of the molecule is CC(=O)Oc1cccc(C(=O)N2CCC(CNC(=O)C3CCCO3)CC2)c1. The van der Waals surface area contributed by atoms with Crippen LogP contribution in [0.5, 0.6) is 5.75 Å². The summed E-state index contributed by atoms with van der Waals surface area (Å²) in [6.45, 7) is 3.92. The molecule has 1 N–H and O–H groups in total. The van der Waals surface area contributed by atoms with E-state index in [0.717, 1.165) is 25.7 Å². The molecule has 27 heavy (non-hydrogen) atoms. The molecule has 0 aromatic heterocycles. The van der Waals surface area contributed by atoms with E-state index in [2.05, 4.69) is 5.32 Å². The van der Waals surface area contributed by atoms with Gasteiger partial charge in [0.05, 0.1) is 0 Å². The van der Waals surface area contributed by atoms with Crippen LogP contribution >= 0.6 is 0 Å². The molecule has 2 heterocycles. The smallest absolute Gasteiger partial charge is 0.308 e. The summed E-state index contributed by atoms with van der Waals surface area (Å²) in [4.78, 5) is 37.6. The molecule has 0 radical (unpaired) electrons. The minimum atomic E-state index is -0.412. The highest BCUT2D eigenvalue weighted by Crippen LogP contribution is 2.21. The van der Waals surface area contributed by atoms with E-state index < -0.39 is 5.97 Å². The highest BCUT2D eigenvalue weighted by atomic mass is 16.5. The second-order valence-corrected chi connectivity index (χ2v) is 7.10. The molecule has 0 aliphatic carbocycles. The predicted octanol–water partition coefficient (Wildman–Crippen LogP) is 1.76. The molecule has 0 saturated carbocycles. The third-order valence-corrected chi connectivity index (χ3v) is 5.03. The van der Waals surface area contributed by atoms with Crippen molar-refractivity contribution in [2.75, 3.05) is 26.2 Å². The summed E-state index contributed by atoms with van der Waals surface area (Å²) in [5.41, 5.74) is 0.513. The minimum Gasteiger partial charge on any atom is -0.427 e. The summed E-state index contributed by atoms with van der Waals surface area (Å²) >= 11 is 0. The first-order valence-electron chi connectivity index (χ1n) is 9.50. The zero-order valence-electron chi connectivity index (χ0n) is 15.6. The van der Waals surface area contributed by atoms with Gasteiger partial charge in [0.15, 0.2) is 0 Å². The Morgan fingerprint density at radius 2 is 2.00 bits per heavy atom. The first-order valence-corrected chi connectivity index (χ1v) is 9.50. The molecule has 3 rings (SSSR count). The summed E-state index contributed by atoms with van der Waals surface area (Å²) in [5, 5.41) is 2.98. The molecular weight excluding hydrogens is 348 g/mol. The molecule has 1 aromatic carbocycles. The molecule has 0 bridgehead atoms. The summed E-state index contributed by atoms with van der Waals surface area (Å²) < 4.78 is 10.4. The van der Waals surface area contributed by atoms with Gasteiger partial charge in [-0.3, -0.25) is 14.4 Å². The maximum absolute atomic E-state index is 12.7. The average molecular weight is 374 g/mol. The van der Waals surface area contributed by atoms with E-state index in [1.54, 1.807) is 24.3 Å². The zero-order chi connectivity index (χ0) is 19.2. The van der Waals surface area contributed by atoms with Gasteiger partial charge in [0, 0.05) is 38.7 Å². The molecule has 2 aliphatic rings. The lowest BCUT2D eigenvalue weighted by Gasteiger charge is -2.32. The standard InChI is InChI=1S/C20H26N2O5/c1-14(23)27-17-5-2-4-16(12-17)20(25)22-9-7-15(8-10-22)13-21-19(24)18-6-3-11-26-18/h2,4-5,12,15,18H,3,6-11,13H2,1H3,(H,21,24). The molecule has 7 nitrogen and oxygen atoms in total. The van der Waals surface area contributed by atoms with Crippen LogP contribution in [0.25, 0.3) is 0 Å². The Balaban J connectivity index is 1.46. The zero-order valence-corrected chi connectivity index (χ0v) is 15.6. The number of carbonyl (C=O) groups is 3. The number of amides is 2. The van der Waals surface area contributed by atoms with Gasteiger partial charge in [-0.15, -0.1) is 0 Å². The Morgan fingerprint density at radius 3 is 2.67 bits per heavy atom. The van der Waals surface area contributed by atoms with E-state index in [1.807, 2.05) is 4.90 Å². The van der Waals surface area contributed by atoms with Crippen molar-refractivity contribution in [3.05, 3.63) is 29.8 Å².